The highest BCUT2D eigenvalue weighted by atomic mass is 16.6. The molecule has 2 aromatic heterocycles. The van der Waals surface area contributed by atoms with E-state index in [0.29, 0.717) is 11.6 Å². The van der Waals surface area contributed by atoms with Crippen LogP contribution in [0.1, 0.15) is 43.2 Å². The van der Waals surface area contributed by atoms with Gasteiger partial charge in [-0.05, 0) is 31.2 Å². The first-order valence-corrected chi connectivity index (χ1v) is 9.87. The van der Waals surface area contributed by atoms with Crippen molar-refractivity contribution in [2.75, 3.05) is 14.2 Å². The van der Waals surface area contributed by atoms with Gasteiger partial charge in [0.05, 0.1) is 20.1 Å². The molecule has 0 unspecified atom stereocenters. The minimum atomic E-state index is -0.636. The van der Waals surface area contributed by atoms with Crippen LogP contribution in [-0.4, -0.2) is 41.2 Å². The van der Waals surface area contributed by atoms with Gasteiger partial charge in [0.25, 0.3) is 5.91 Å². The molecule has 0 aliphatic carbocycles. The maximum absolute atomic E-state index is 12.9. The SMILES string of the molecule is COc1ccc(-c2noc([C@H](C)NC(=O)c3nccc(OC)c3OC(=O)C(C)C)n2)cc1. The number of carbonyl (C=O) groups excluding carboxylic acids is 2. The van der Waals surface area contributed by atoms with Crippen LogP contribution in [0.25, 0.3) is 11.4 Å². The molecule has 0 radical (unpaired) electrons. The van der Waals surface area contributed by atoms with Gasteiger partial charge < -0.3 is 24.1 Å². The van der Waals surface area contributed by atoms with Crippen molar-refractivity contribution >= 4 is 11.9 Å². The molecule has 1 N–H and O–H groups in total. The number of nitrogens with zero attached hydrogens (tertiary/aromatic N) is 3. The van der Waals surface area contributed by atoms with Crippen LogP contribution in [0.2, 0.25) is 0 Å². The number of carbonyl (C=O) groups is 2. The third kappa shape index (κ3) is 5.02. The zero-order valence-corrected chi connectivity index (χ0v) is 18.4. The molecule has 0 aliphatic heterocycles. The Labute approximate surface area is 184 Å². The summed E-state index contributed by atoms with van der Waals surface area (Å²) in [5, 5.41) is 6.69. The summed E-state index contributed by atoms with van der Waals surface area (Å²) in [7, 11) is 2.99. The van der Waals surface area contributed by atoms with Crippen molar-refractivity contribution in [3.05, 3.63) is 48.1 Å². The Kier molecular flexibility index (Phi) is 7.04. The van der Waals surface area contributed by atoms with E-state index in [-0.39, 0.29) is 23.1 Å². The van der Waals surface area contributed by atoms with E-state index >= 15 is 0 Å². The van der Waals surface area contributed by atoms with Gasteiger partial charge in [0.1, 0.15) is 11.8 Å². The molecule has 32 heavy (non-hydrogen) atoms. The second-order valence-corrected chi connectivity index (χ2v) is 7.15. The van der Waals surface area contributed by atoms with Crippen molar-refractivity contribution in [2.45, 2.75) is 26.8 Å². The van der Waals surface area contributed by atoms with Crippen LogP contribution in [0.15, 0.2) is 41.1 Å². The topological polar surface area (TPSA) is 126 Å². The van der Waals surface area contributed by atoms with Crippen LogP contribution in [0.5, 0.6) is 17.2 Å². The van der Waals surface area contributed by atoms with Crippen molar-refractivity contribution in [1.82, 2.24) is 20.4 Å². The second kappa shape index (κ2) is 9.90. The molecule has 0 saturated carbocycles. The van der Waals surface area contributed by atoms with Gasteiger partial charge in [-0.3, -0.25) is 9.59 Å². The fraction of sp³-hybridized carbons (Fsp3) is 0.318. The Balaban J connectivity index is 1.78. The lowest BCUT2D eigenvalue weighted by molar-refractivity contribution is -0.137. The first-order chi connectivity index (χ1) is 15.3. The summed E-state index contributed by atoms with van der Waals surface area (Å²) in [6.07, 6.45) is 1.39. The number of esters is 1. The zero-order chi connectivity index (χ0) is 23.3. The van der Waals surface area contributed by atoms with Gasteiger partial charge in [0.15, 0.2) is 11.4 Å². The Morgan fingerprint density at radius 3 is 2.38 bits per heavy atom. The summed E-state index contributed by atoms with van der Waals surface area (Å²) >= 11 is 0. The number of rotatable bonds is 8. The highest BCUT2D eigenvalue weighted by Crippen LogP contribution is 2.31. The predicted molar refractivity (Wildman–Crippen MR) is 113 cm³/mol. The van der Waals surface area contributed by atoms with Gasteiger partial charge in [-0.15, -0.1) is 0 Å². The van der Waals surface area contributed by atoms with E-state index < -0.39 is 23.8 Å². The first-order valence-electron chi connectivity index (χ1n) is 9.87. The van der Waals surface area contributed by atoms with Crippen molar-refractivity contribution < 1.29 is 28.3 Å². The summed E-state index contributed by atoms with van der Waals surface area (Å²) in [6.45, 7) is 5.05. The van der Waals surface area contributed by atoms with E-state index in [1.165, 1.54) is 19.4 Å². The molecule has 3 aromatic rings. The van der Waals surface area contributed by atoms with Crippen LogP contribution >= 0.6 is 0 Å². The smallest absolute Gasteiger partial charge is 0.313 e. The lowest BCUT2D eigenvalue weighted by Crippen LogP contribution is -2.29. The standard InChI is InChI=1S/C22H24N4O6/c1-12(2)22(28)31-18-16(30-5)10-11-23-17(18)20(27)24-13(3)21-25-19(26-32-21)14-6-8-15(29-4)9-7-14/h6-13H,1-5H3,(H,24,27)/t13-/m0/s1. The van der Waals surface area contributed by atoms with E-state index in [1.807, 2.05) is 0 Å². The maximum atomic E-state index is 12.9. The van der Waals surface area contributed by atoms with Crippen LogP contribution in [-0.2, 0) is 4.79 Å². The summed E-state index contributed by atoms with van der Waals surface area (Å²) in [4.78, 5) is 33.4. The number of methoxy groups -OCH3 is 2. The molecule has 1 atom stereocenters. The molecule has 3 rings (SSSR count). The number of hydrogen-bond acceptors (Lipinski definition) is 9. The molecule has 0 fully saturated rings. The number of hydrogen-bond donors (Lipinski definition) is 1. The van der Waals surface area contributed by atoms with Crippen molar-refractivity contribution in [1.29, 1.82) is 0 Å². The van der Waals surface area contributed by atoms with E-state index in [1.54, 1.807) is 52.1 Å². The fourth-order valence-corrected chi connectivity index (χ4v) is 2.67. The van der Waals surface area contributed by atoms with Gasteiger partial charge in [0.2, 0.25) is 17.5 Å². The molecule has 10 nitrogen and oxygen atoms in total. The quantitative estimate of drug-likeness (QED) is 0.525. The lowest BCUT2D eigenvalue weighted by atomic mass is 10.2. The fourth-order valence-electron chi connectivity index (χ4n) is 2.67. The minimum Gasteiger partial charge on any atom is -0.497 e. The predicted octanol–water partition coefficient (Wildman–Crippen LogP) is 3.20. The van der Waals surface area contributed by atoms with Crippen LogP contribution in [0.3, 0.4) is 0 Å². The Hall–Kier alpha value is -3.95. The average Bonchev–Trinajstić information content (AvgIpc) is 3.29. The average molecular weight is 440 g/mol. The summed E-state index contributed by atoms with van der Waals surface area (Å²) in [5.41, 5.74) is 0.636. The molecule has 168 valence electrons. The highest BCUT2D eigenvalue weighted by molar-refractivity contribution is 5.96. The molecule has 1 amide bonds. The zero-order valence-electron chi connectivity index (χ0n) is 18.4. The largest absolute Gasteiger partial charge is 0.497 e. The van der Waals surface area contributed by atoms with Crippen molar-refractivity contribution in [3.8, 4) is 28.6 Å². The van der Waals surface area contributed by atoms with E-state index in [9.17, 15) is 9.59 Å². The lowest BCUT2D eigenvalue weighted by Gasteiger charge is -2.15. The van der Waals surface area contributed by atoms with Crippen LogP contribution in [0.4, 0.5) is 0 Å². The van der Waals surface area contributed by atoms with E-state index in [2.05, 4.69) is 20.4 Å². The Morgan fingerprint density at radius 1 is 1.03 bits per heavy atom. The van der Waals surface area contributed by atoms with Crippen LogP contribution < -0.4 is 19.5 Å². The van der Waals surface area contributed by atoms with Crippen molar-refractivity contribution in [2.24, 2.45) is 5.92 Å². The molecule has 0 bridgehead atoms. The molecular weight excluding hydrogens is 416 g/mol. The molecule has 10 heteroatoms. The number of benzene rings is 1. The van der Waals surface area contributed by atoms with E-state index in [0.717, 1.165) is 5.56 Å². The molecule has 0 spiro atoms. The number of amides is 1. The third-order valence-corrected chi connectivity index (χ3v) is 4.49. The normalized spacial score (nSPS) is 11.7. The second-order valence-electron chi connectivity index (χ2n) is 7.15. The first kappa shape index (κ1) is 22.7. The molecular formula is C22H24N4O6. The number of pyridine rings is 1. The molecule has 2 heterocycles. The van der Waals surface area contributed by atoms with Gasteiger partial charge in [0, 0.05) is 17.8 Å². The molecule has 0 saturated heterocycles. The minimum absolute atomic E-state index is 0.0529. The van der Waals surface area contributed by atoms with Crippen molar-refractivity contribution in [3.63, 3.8) is 0 Å². The monoisotopic (exact) mass is 440 g/mol. The number of nitrogens with one attached hydrogen (secondary N) is 1. The number of ether oxygens (including phenoxy) is 3. The Morgan fingerprint density at radius 2 is 1.75 bits per heavy atom. The van der Waals surface area contributed by atoms with Gasteiger partial charge in [-0.1, -0.05) is 19.0 Å². The molecule has 0 aliphatic rings. The van der Waals surface area contributed by atoms with Gasteiger partial charge in [-0.25, -0.2) is 4.98 Å². The van der Waals surface area contributed by atoms with E-state index in [4.69, 9.17) is 18.7 Å². The summed E-state index contributed by atoms with van der Waals surface area (Å²) in [6, 6.07) is 8.03. The van der Waals surface area contributed by atoms with Gasteiger partial charge in [-0.2, -0.15) is 4.98 Å². The Bertz CT molecular complexity index is 1090. The highest BCUT2D eigenvalue weighted by Gasteiger charge is 2.25. The van der Waals surface area contributed by atoms with Crippen LogP contribution in [0, 0.1) is 5.92 Å². The third-order valence-electron chi connectivity index (χ3n) is 4.49. The number of aromatic nitrogens is 3. The maximum Gasteiger partial charge on any atom is 0.313 e. The van der Waals surface area contributed by atoms with Gasteiger partial charge >= 0.3 is 5.97 Å². The summed E-state index contributed by atoms with van der Waals surface area (Å²) in [5.74, 6) is -0.0641. The molecule has 1 aromatic carbocycles. The summed E-state index contributed by atoms with van der Waals surface area (Å²) < 4.78 is 21.0.